The molecule has 0 aliphatic carbocycles. The van der Waals surface area contributed by atoms with Gasteiger partial charge in [0.2, 0.25) is 5.91 Å². The van der Waals surface area contributed by atoms with Crippen LogP contribution in [0.25, 0.3) is 0 Å². The van der Waals surface area contributed by atoms with Crippen LogP contribution in [0, 0.1) is 12.7 Å². The van der Waals surface area contributed by atoms with Crippen molar-refractivity contribution in [3.63, 3.8) is 0 Å². The van der Waals surface area contributed by atoms with Crippen molar-refractivity contribution in [3.05, 3.63) is 64.3 Å². The molecule has 4 rings (SSSR count). The summed E-state index contributed by atoms with van der Waals surface area (Å²) in [6.45, 7) is 4.96. The quantitative estimate of drug-likeness (QED) is 0.568. The molecule has 0 unspecified atom stereocenters. The first-order valence-corrected chi connectivity index (χ1v) is 11.4. The molecule has 0 radical (unpaired) electrons. The highest BCUT2D eigenvalue weighted by atomic mass is 32.1. The predicted molar refractivity (Wildman–Crippen MR) is 122 cm³/mol. The van der Waals surface area contributed by atoms with Crippen LogP contribution in [0.3, 0.4) is 0 Å². The number of methoxy groups -OCH3 is 1. The molecule has 3 aromatic rings. The Hall–Kier alpha value is -3.24. The zero-order chi connectivity index (χ0) is 23.4. The fraction of sp³-hybridized carbons (Fsp3) is 0.348. The van der Waals surface area contributed by atoms with Gasteiger partial charge in [0, 0.05) is 38.1 Å². The van der Waals surface area contributed by atoms with E-state index in [0.717, 1.165) is 5.56 Å². The van der Waals surface area contributed by atoms with Gasteiger partial charge in [0.25, 0.3) is 5.91 Å². The highest BCUT2D eigenvalue weighted by Crippen LogP contribution is 2.21. The van der Waals surface area contributed by atoms with Gasteiger partial charge in [-0.1, -0.05) is 6.07 Å². The molecule has 1 N–H and O–H groups in total. The van der Waals surface area contributed by atoms with Crippen LogP contribution >= 0.6 is 11.3 Å². The van der Waals surface area contributed by atoms with E-state index >= 15 is 0 Å². The molecule has 0 atom stereocenters. The first-order chi connectivity index (χ1) is 15.9. The number of carbonyl (C=O) groups is 2. The SMILES string of the molecule is COc1ccc(CN2CCN(C(=O)Cc3csc(NC(=O)c4ccoc4C)n3)CC2)cc1F. The highest BCUT2D eigenvalue weighted by Gasteiger charge is 2.22. The van der Waals surface area contributed by atoms with Gasteiger partial charge in [-0.3, -0.25) is 19.8 Å². The molecule has 3 heterocycles. The lowest BCUT2D eigenvalue weighted by atomic mass is 10.1. The second kappa shape index (κ2) is 10.1. The second-order valence-electron chi connectivity index (χ2n) is 7.79. The van der Waals surface area contributed by atoms with E-state index in [-0.39, 0.29) is 29.8 Å². The number of hydrogen-bond donors (Lipinski definition) is 1. The third kappa shape index (κ3) is 5.58. The number of amides is 2. The third-order valence-electron chi connectivity index (χ3n) is 5.56. The van der Waals surface area contributed by atoms with E-state index in [9.17, 15) is 14.0 Å². The summed E-state index contributed by atoms with van der Waals surface area (Å²) in [5.74, 6) is 0.106. The Kier molecular flexibility index (Phi) is 7.05. The molecule has 1 fully saturated rings. The summed E-state index contributed by atoms with van der Waals surface area (Å²) in [7, 11) is 1.44. The fourth-order valence-electron chi connectivity index (χ4n) is 3.72. The number of carbonyl (C=O) groups excluding carboxylic acids is 2. The van der Waals surface area contributed by atoms with Crippen molar-refractivity contribution in [2.24, 2.45) is 0 Å². The van der Waals surface area contributed by atoms with Crippen LogP contribution in [0.2, 0.25) is 0 Å². The molecule has 174 valence electrons. The zero-order valence-corrected chi connectivity index (χ0v) is 19.3. The van der Waals surface area contributed by atoms with Crippen molar-refractivity contribution >= 4 is 28.3 Å². The van der Waals surface area contributed by atoms with Crippen molar-refractivity contribution in [2.75, 3.05) is 38.6 Å². The van der Waals surface area contributed by atoms with Gasteiger partial charge in [-0.2, -0.15) is 0 Å². The molecule has 8 nitrogen and oxygen atoms in total. The first kappa shape index (κ1) is 22.9. The van der Waals surface area contributed by atoms with Crippen LogP contribution in [0.4, 0.5) is 9.52 Å². The number of aromatic nitrogens is 1. The maximum atomic E-state index is 13.9. The highest BCUT2D eigenvalue weighted by molar-refractivity contribution is 7.14. The van der Waals surface area contributed by atoms with Crippen molar-refractivity contribution < 1.29 is 23.1 Å². The number of piperazine rings is 1. The zero-order valence-electron chi connectivity index (χ0n) is 18.5. The van der Waals surface area contributed by atoms with Crippen molar-refractivity contribution in [1.82, 2.24) is 14.8 Å². The van der Waals surface area contributed by atoms with E-state index in [1.807, 2.05) is 11.0 Å². The average Bonchev–Trinajstić information content (AvgIpc) is 3.43. The number of nitrogens with zero attached hydrogens (tertiary/aromatic N) is 3. The fourth-order valence-corrected chi connectivity index (χ4v) is 4.42. The number of thiazole rings is 1. The molecule has 0 bridgehead atoms. The van der Waals surface area contributed by atoms with E-state index in [4.69, 9.17) is 9.15 Å². The normalized spacial score (nSPS) is 14.3. The van der Waals surface area contributed by atoms with Gasteiger partial charge < -0.3 is 14.1 Å². The Labute approximate surface area is 195 Å². The number of hydrogen-bond acceptors (Lipinski definition) is 7. The van der Waals surface area contributed by atoms with Crippen LogP contribution in [0.5, 0.6) is 5.75 Å². The molecule has 10 heteroatoms. The maximum Gasteiger partial charge on any atom is 0.260 e. The lowest BCUT2D eigenvalue weighted by Gasteiger charge is -2.34. The van der Waals surface area contributed by atoms with Crippen LogP contribution in [-0.2, 0) is 17.8 Å². The topological polar surface area (TPSA) is 87.9 Å². The Morgan fingerprint density at radius 1 is 1.24 bits per heavy atom. The lowest BCUT2D eigenvalue weighted by molar-refractivity contribution is -0.132. The summed E-state index contributed by atoms with van der Waals surface area (Å²) >= 11 is 1.28. The van der Waals surface area contributed by atoms with E-state index < -0.39 is 0 Å². The standard InChI is InChI=1S/C23H25FN4O4S/c1-15-18(5-10-32-15)22(30)26-23-25-17(14-33-23)12-21(29)28-8-6-27(7-9-28)13-16-3-4-20(31-2)19(24)11-16/h3-5,10-11,14H,6-9,12-13H2,1-2H3,(H,25,26,30). The predicted octanol–water partition coefficient (Wildman–Crippen LogP) is 3.33. The summed E-state index contributed by atoms with van der Waals surface area (Å²) in [5, 5.41) is 4.97. The third-order valence-corrected chi connectivity index (χ3v) is 6.36. The van der Waals surface area contributed by atoms with Gasteiger partial charge in [-0.05, 0) is 30.7 Å². The van der Waals surface area contributed by atoms with Gasteiger partial charge in [0.05, 0.1) is 31.1 Å². The van der Waals surface area contributed by atoms with Crippen LogP contribution in [-0.4, -0.2) is 59.9 Å². The average molecular weight is 473 g/mol. The molecular weight excluding hydrogens is 447 g/mol. The maximum absolute atomic E-state index is 13.9. The summed E-state index contributed by atoms with van der Waals surface area (Å²) in [6, 6.07) is 6.58. The molecule has 2 aromatic heterocycles. The summed E-state index contributed by atoms with van der Waals surface area (Å²) < 4.78 is 24.0. The largest absolute Gasteiger partial charge is 0.494 e. The van der Waals surface area contributed by atoms with E-state index in [1.165, 1.54) is 30.8 Å². The summed E-state index contributed by atoms with van der Waals surface area (Å²) in [5.41, 5.74) is 1.95. The number of rotatable bonds is 7. The van der Waals surface area contributed by atoms with Crippen molar-refractivity contribution in [1.29, 1.82) is 0 Å². The molecular formula is C23H25FN4O4S. The molecule has 1 aliphatic rings. The van der Waals surface area contributed by atoms with E-state index in [1.54, 1.807) is 24.4 Å². The molecule has 2 amide bonds. The number of aryl methyl sites for hydroxylation is 1. The monoisotopic (exact) mass is 472 g/mol. The second-order valence-corrected chi connectivity index (χ2v) is 8.65. The minimum absolute atomic E-state index is 0.000928. The smallest absolute Gasteiger partial charge is 0.260 e. The van der Waals surface area contributed by atoms with Crippen LogP contribution in [0.15, 0.2) is 40.3 Å². The van der Waals surface area contributed by atoms with Crippen LogP contribution < -0.4 is 10.1 Å². The van der Waals surface area contributed by atoms with Gasteiger partial charge in [0.15, 0.2) is 16.7 Å². The number of furan rings is 1. The first-order valence-electron chi connectivity index (χ1n) is 10.6. The molecule has 33 heavy (non-hydrogen) atoms. The van der Waals surface area contributed by atoms with Gasteiger partial charge in [-0.15, -0.1) is 11.3 Å². The van der Waals surface area contributed by atoms with Gasteiger partial charge >= 0.3 is 0 Å². The molecule has 1 aliphatic heterocycles. The number of anilines is 1. The summed E-state index contributed by atoms with van der Waals surface area (Å²) in [4.78, 5) is 33.4. The minimum Gasteiger partial charge on any atom is -0.494 e. The van der Waals surface area contributed by atoms with Crippen LogP contribution in [0.1, 0.15) is 27.4 Å². The van der Waals surface area contributed by atoms with Gasteiger partial charge in [-0.25, -0.2) is 9.37 Å². The minimum atomic E-state index is -0.373. The molecule has 1 saturated heterocycles. The number of nitrogens with one attached hydrogen (secondary N) is 1. The number of benzene rings is 1. The number of halogens is 1. The van der Waals surface area contributed by atoms with E-state index in [0.29, 0.717) is 54.9 Å². The molecule has 1 aromatic carbocycles. The van der Waals surface area contributed by atoms with Crippen molar-refractivity contribution in [3.8, 4) is 5.75 Å². The number of ether oxygens (including phenoxy) is 1. The Morgan fingerprint density at radius 3 is 2.70 bits per heavy atom. The molecule has 0 saturated carbocycles. The summed E-state index contributed by atoms with van der Waals surface area (Å²) in [6.07, 6.45) is 1.64. The molecule has 0 spiro atoms. The van der Waals surface area contributed by atoms with Gasteiger partial charge in [0.1, 0.15) is 5.76 Å². The Bertz CT molecular complexity index is 1140. The van der Waals surface area contributed by atoms with E-state index in [2.05, 4.69) is 15.2 Å². The Balaban J connectivity index is 1.25. The Morgan fingerprint density at radius 2 is 2.03 bits per heavy atom. The van der Waals surface area contributed by atoms with Crippen molar-refractivity contribution in [2.45, 2.75) is 19.9 Å². The lowest BCUT2D eigenvalue weighted by Crippen LogP contribution is -2.48.